The van der Waals surface area contributed by atoms with E-state index in [1.807, 2.05) is 0 Å². The van der Waals surface area contributed by atoms with Crippen LogP contribution in [0.1, 0.15) is 10.4 Å². The summed E-state index contributed by atoms with van der Waals surface area (Å²) in [6, 6.07) is 8.93. The zero-order valence-electron chi connectivity index (χ0n) is 12.4. The number of amides is 3. The van der Waals surface area contributed by atoms with E-state index in [4.69, 9.17) is 34.8 Å². The number of imide groups is 1. The number of halogens is 3. The third-order valence-corrected chi connectivity index (χ3v) is 4.30. The van der Waals surface area contributed by atoms with Crippen LogP contribution < -0.4 is 10.2 Å². The molecule has 0 saturated heterocycles. The number of nitrogens with one attached hydrogen (secondary N) is 1. The Morgan fingerprint density at radius 3 is 2.16 bits per heavy atom. The molecule has 126 valence electrons. The Morgan fingerprint density at radius 1 is 0.880 bits per heavy atom. The Morgan fingerprint density at radius 2 is 1.56 bits per heavy atom. The summed E-state index contributed by atoms with van der Waals surface area (Å²) in [6.45, 7) is 0. The van der Waals surface area contributed by atoms with E-state index in [1.54, 1.807) is 6.07 Å². The second kappa shape index (κ2) is 6.88. The molecule has 0 saturated carbocycles. The molecule has 0 aliphatic carbocycles. The van der Waals surface area contributed by atoms with Crippen molar-refractivity contribution in [3.8, 4) is 0 Å². The lowest BCUT2D eigenvalue weighted by atomic mass is 10.2. The van der Waals surface area contributed by atoms with Gasteiger partial charge in [0, 0.05) is 17.2 Å². The van der Waals surface area contributed by atoms with Gasteiger partial charge in [-0.1, -0.05) is 34.8 Å². The molecule has 3 rings (SSSR count). The summed E-state index contributed by atoms with van der Waals surface area (Å²) in [4.78, 5) is 36.7. The van der Waals surface area contributed by atoms with Crippen molar-refractivity contribution in [2.75, 3.05) is 10.2 Å². The van der Waals surface area contributed by atoms with Gasteiger partial charge in [-0.2, -0.15) is 0 Å². The number of carbonyl (C=O) groups is 3. The first kappa shape index (κ1) is 17.5. The second-order valence-corrected chi connectivity index (χ2v) is 6.34. The normalized spacial score (nSPS) is 13.5. The van der Waals surface area contributed by atoms with Gasteiger partial charge in [-0.3, -0.25) is 14.4 Å². The Hall–Kier alpha value is -2.34. The van der Waals surface area contributed by atoms with Gasteiger partial charge in [-0.15, -0.1) is 0 Å². The lowest BCUT2D eigenvalue weighted by Crippen LogP contribution is -2.29. The molecule has 0 spiro atoms. The molecule has 0 bridgehead atoms. The second-order valence-electron chi connectivity index (χ2n) is 5.09. The van der Waals surface area contributed by atoms with Gasteiger partial charge in [-0.05, 0) is 36.4 Å². The Balaban J connectivity index is 1.83. The highest BCUT2D eigenvalue weighted by atomic mass is 35.5. The Bertz CT molecular complexity index is 923. The third-order valence-electron chi connectivity index (χ3n) is 3.44. The molecule has 2 aromatic carbocycles. The summed E-state index contributed by atoms with van der Waals surface area (Å²) in [5.74, 6) is -1.37. The highest BCUT2D eigenvalue weighted by Crippen LogP contribution is 2.30. The summed E-state index contributed by atoms with van der Waals surface area (Å²) < 4.78 is 0. The monoisotopic (exact) mass is 394 g/mol. The number of benzene rings is 2. The lowest BCUT2D eigenvalue weighted by Gasteiger charge is -2.16. The smallest absolute Gasteiger partial charge is 0.258 e. The van der Waals surface area contributed by atoms with Gasteiger partial charge in [0.15, 0.2) is 0 Å². The fourth-order valence-corrected chi connectivity index (χ4v) is 2.98. The van der Waals surface area contributed by atoms with Crippen LogP contribution in [-0.4, -0.2) is 17.7 Å². The molecule has 0 atom stereocenters. The molecular weight excluding hydrogens is 387 g/mol. The maximum Gasteiger partial charge on any atom is 0.258 e. The van der Waals surface area contributed by atoms with Crippen LogP contribution in [0, 0.1) is 0 Å². The average Bonchev–Trinajstić information content (AvgIpc) is 2.88. The molecule has 1 heterocycles. The van der Waals surface area contributed by atoms with Crippen LogP contribution in [0.15, 0.2) is 48.6 Å². The standard InChI is InChI=1S/C17H9Cl3N2O3/c18-9-1-3-11(12(19)7-9)17(25)21-14-4-2-10(8-13(14)20)22-15(23)5-6-16(22)24/h1-8H,(H,21,25). The van der Waals surface area contributed by atoms with Crippen LogP contribution in [0.5, 0.6) is 0 Å². The predicted octanol–water partition coefficient (Wildman–Crippen LogP) is 4.33. The molecule has 1 aliphatic heterocycles. The molecule has 0 radical (unpaired) electrons. The highest BCUT2D eigenvalue weighted by molar-refractivity contribution is 6.38. The molecule has 0 aromatic heterocycles. The summed E-state index contributed by atoms with van der Waals surface area (Å²) in [6.07, 6.45) is 2.35. The van der Waals surface area contributed by atoms with Gasteiger partial charge >= 0.3 is 0 Å². The van der Waals surface area contributed by atoms with Crippen LogP contribution in [0.25, 0.3) is 0 Å². The molecule has 25 heavy (non-hydrogen) atoms. The van der Waals surface area contributed by atoms with E-state index in [2.05, 4.69) is 5.32 Å². The van der Waals surface area contributed by atoms with Gasteiger partial charge in [0.05, 0.1) is 27.0 Å². The fourth-order valence-electron chi connectivity index (χ4n) is 2.26. The minimum atomic E-state index is -0.466. The minimum Gasteiger partial charge on any atom is -0.321 e. The van der Waals surface area contributed by atoms with E-state index in [1.165, 1.54) is 42.5 Å². The van der Waals surface area contributed by atoms with Crippen LogP contribution >= 0.6 is 34.8 Å². The number of hydrogen-bond acceptors (Lipinski definition) is 3. The van der Waals surface area contributed by atoms with E-state index in [0.717, 1.165) is 4.90 Å². The minimum absolute atomic E-state index is 0.170. The van der Waals surface area contributed by atoms with Crippen LogP contribution in [-0.2, 0) is 9.59 Å². The van der Waals surface area contributed by atoms with Gasteiger partial charge in [0.1, 0.15) is 0 Å². The first-order valence-corrected chi connectivity index (χ1v) is 8.12. The number of carbonyl (C=O) groups excluding carboxylic acids is 3. The van der Waals surface area contributed by atoms with E-state index in [9.17, 15) is 14.4 Å². The van der Waals surface area contributed by atoms with E-state index >= 15 is 0 Å². The first-order chi connectivity index (χ1) is 11.9. The SMILES string of the molecule is O=C(Nc1ccc(N2C(=O)C=CC2=O)cc1Cl)c1ccc(Cl)cc1Cl. The number of hydrogen-bond donors (Lipinski definition) is 1. The molecule has 0 fully saturated rings. The van der Waals surface area contributed by atoms with Crippen molar-refractivity contribution in [3.05, 3.63) is 69.2 Å². The number of rotatable bonds is 3. The molecule has 2 aromatic rings. The largest absolute Gasteiger partial charge is 0.321 e. The van der Waals surface area contributed by atoms with E-state index < -0.39 is 17.7 Å². The zero-order chi connectivity index (χ0) is 18.1. The van der Waals surface area contributed by atoms with E-state index in [0.29, 0.717) is 16.4 Å². The van der Waals surface area contributed by atoms with Gasteiger partial charge < -0.3 is 5.32 Å². The molecule has 5 nitrogen and oxygen atoms in total. The summed E-state index contributed by atoms with van der Waals surface area (Å²) in [5.41, 5.74) is 0.862. The first-order valence-electron chi connectivity index (χ1n) is 6.99. The molecule has 3 amide bonds. The molecule has 1 N–H and O–H groups in total. The number of anilines is 2. The predicted molar refractivity (Wildman–Crippen MR) is 97.5 cm³/mol. The third kappa shape index (κ3) is 3.54. The van der Waals surface area contributed by atoms with Crippen molar-refractivity contribution < 1.29 is 14.4 Å². The Kier molecular flexibility index (Phi) is 4.81. The summed E-state index contributed by atoms with van der Waals surface area (Å²) in [5, 5.41) is 3.41. The van der Waals surface area contributed by atoms with Crippen LogP contribution in [0.2, 0.25) is 15.1 Å². The van der Waals surface area contributed by atoms with Crippen LogP contribution in [0.3, 0.4) is 0 Å². The molecular formula is C17H9Cl3N2O3. The van der Waals surface area contributed by atoms with Crippen molar-refractivity contribution in [2.45, 2.75) is 0 Å². The zero-order valence-corrected chi connectivity index (χ0v) is 14.7. The fraction of sp³-hybridized carbons (Fsp3) is 0. The van der Waals surface area contributed by atoms with Crippen molar-refractivity contribution in [1.82, 2.24) is 0 Å². The van der Waals surface area contributed by atoms with Crippen molar-refractivity contribution in [1.29, 1.82) is 0 Å². The highest BCUT2D eigenvalue weighted by Gasteiger charge is 2.25. The number of nitrogens with zero attached hydrogens (tertiary/aromatic N) is 1. The van der Waals surface area contributed by atoms with Gasteiger partial charge in [0.25, 0.3) is 17.7 Å². The summed E-state index contributed by atoms with van der Waals surface area (Å²) in [7, 11) is 0. The Labute approximate surface area is 157 Å². The maximum atomic E-state index is 12.3. The molecule has 8 heteroatoms. The topological polar surface area (TPSA) is 66.5 Å². The van der Waals surface area contributed by atoms with Crippen molar-refractivity contribution in [3.63, 3.8) is 0 Å². The quantitative estimate of drug-likeness (QED) is 0.787. The van der Waals surface area contributed by atoms with Crippen LogP contribution in [0.4, 0.5) is 11.4 Å². The van der Waals surface area contributed by atoms with Crippen molar-refractivity contribution >= 4 is 63.9 Å². The van der Waals surface area contributed by atoms with Crippen molar-refractivity contribution in [2.24, 2.45) is 0 Å². The van der Waals surface area contributed by atoms with Gasteiger partial charge in [0.2, 0.25) is 0 Å². The molecule has 0 unspecified atom stereocenters. The molecule has 1 aliphatic rings. The van der Waals surface area contributed by atoms with Gasteiger partial charge in [-0.25, -0.2) is 4.90 Å². The maximum absolute atomic E-state index is 12.3. The lowest BCUT2D eigenvalue weighted by molar-refractivity contribution is -0.119. The summed E-state index contributed by atoms with van der Waals surface area (Å²) >= 11 is 18.0. The van der Waals surface area contributed by atoms with E-state index in [-0.39, 0.29) is 15.6 Å². The average molecular weight is 396 g/mol.